The van der Waals surface area contributed by atoms with Gasteiger partial charge in [0.15, 0.2) is 0 Å². The fraction of sp³-hybridized carbons (Fsp3) is 0.667. The lowest BCUT2D eigenvalue weighted by atomic mass is 9.83. The first-order chi connectivity index (χ1) is 8.38. The van der Waals surface area contributed by atoms with Gasteiger partial charge in [-0.2, -0.15) is 0 Å². The number of halogens is 1. The zero-order valence-electron chi connectivity index (χ0n) is 10.3. The molecule has 1 heterocycles. The molecule has 1 fully saturated rings. The first-order valence-electron chi connectivity index (χ1n) is 6.07. The fourth-order valence-corrected chi connectivity index (χ4v) is 4.98. The monoisotopic (exact) mass is 307 g/mol. The summed E-state index contributed by atoms with van der Waals surface area (Å²) in [6.45, 7) is 0. The molecule has 1 aliphatic carbocycles. The summed E-state index contributed by atoms with van der Waals surface area (Å²) in [6, 6.07) is 3.70. The molecule has 1 saturated carbocycles. The van der Waals surface area contributed by atoms with Gasteiger partial charge in [-0.1, -0.05) is 18.0 Å². The van der Waals surface area contributed by atoms with Crippen molar-refractivity contribution < 1.29 is 8.42 Å². The van der Waals surface area contributed by atoms with Crippen molar-refractivity contribution in [1.29, 1.82) is 0 Å². The van der Waals surface area contributed by atoms with Crippen molar-refractivity contribution in [3.05, 3.63) is 21.3 Å². The second-order valence-corrected chi connectivity index (χ2v) is 9.12. The maximum Gasteiger partial charge on any atom is 0.150 e. The van der Waals surface area contributed by atoms with E-state index < -0.39 is 9.84 Å². The van der Waals surface area contributed by atoms with Crippen LogP contribution in [-0.2, 0) is 9.84 Å². The average Bonchev–Trinajstić information content (AvgIpc) is 2.74. The zero-order chi connectivity index (χ0) is 13.3. The van der Waals surface area contributed by atoms with Gasteiger partial charge in [-0.3, -0.25) is 0 Å². The molecule has 0 bridgehead atoms. The van der Waals surface area contributed by atoms with Gasteiger partial charge in [-0.15, -0.1) is 11.3 Å². The summed E-state index contributed by atoms with van der Waals surface area (Å²) in [4.78, 5) is 1.05. The van der Waals surface area contributed by atoms with Crippen LogP contribution in [0.3, 0.4) is 0 Å². The molecule has 0 aromatic carbocycles. The predicted octanol–water partition coefficient (Wildman–Crippen LogP) is 3.00. The van der Waals surface area contributed by atoms with Crippen LogP contribution < -0.4 is 5.73 Å². The van der Waals surface area contributed by atoms with Crippen molar-refractivity contribution in [2.24, 2.45) is 11.7 Å². The third-order valence-electron chi connectivity index (χ3n) is 3.70. The van der Waals surface area contributed by atoms with Crippen molar-refractivity contribution in [2.75, 3.05) is 6.26 Å². The third kappa shape index (κ3) is 3.26. The Morgan fingerprint density at radius 1 is 1.44 bits per heavy atom. The number of sulfone groups is 1. The van der Waals surface area contributed by atoms with Crippen molar-refractivity contribution in [3.63, 3.8) is 0 Å². The number of thiophene rings is 1. The lowest BCUT2D eigenvalue weighted by Crippen LogP contribution is -2.32. The number of hydrogen-bond donors (Lipinski definition) is 1. The van der Waals surface area contributed by atoms with Crippen LogP contribution in [0.4, 0.5) is 0 Å². The van der Waals surface area contributed by atoms with Crippen LogP contribution in [0.5, 0.6) is 0 Å². The summed E-state index contributed by atoms with van der Waals surface area (Å²) in [5, 5.41) is -0.224. The molecule has 6 heteroatoms. The smallest absolute Gasteiger partial charge is 0.150 e. The highest BCUT2D eigenvalue weighted by Gasteiger charge is 2.32. The summed E-state index contributed by atoms with van der Waals surface area (Å²) in [5.74, 6) is 0.244. The van der Waals surface area contributed by atoms with E-state index in [0.717, 1.165) is 28.5 Å². The van der Waals surface area contributed by atoms with Gasteiger partial charge >= 0.3 is 0 Å². The normalized spacial score (nSPS) is 27.1. The molecule has 1 aromatic rings. The van der Waals surface area contributed by atoms with Crippen LogP contribution in [0.25, 0.3) is 0 Å². The van der Waals surface area contributed by atoms with E-state index in [1.54, 1.807) is 0 Å². The molecule has 3 atom stereocenters. The predicted molar refractivity (Wildman–Crippen MR) is 76.8 cm³/mol. The minimum atomic E-state index is -2.95. The van der Waals surface area contributed by atoms with Crippen molar-refractivity contribution >= 4 is 32.8 Å². The van der Waals surface area contributed by atoms with E-state index in [9.17, 15) is 8.42 Å². The number of nitrogens with two attached hydrogens (primary N) is 1. The maximum absolute atomic E-state index is 11.6. The SMILES string of the molecule is CS(=O)(=O)C1CCCC(C(N)c2ccc(Cl)s2)C1. The summed E-state index contributed by atoms with van der Waals surface area (Å²) < 4.78 is 24.0. The van der Waals surface area contributed by atoms with E-state index >= 15 is 0 Å². The van der Waals surface area contributed by atoms with Gasteiger partial charge in [0.05, 0.1) is 9.59 Å². The van der Waals surface area contributed by atoms with Crippen molar-refractivity contribution in [2.45, 2.75) is 37.0 Å². The van der Waals surface area contributed by atoms with E-state index in [-0.39, 0.29) is 17.2 Å². The van der Waals surface area contributed by atoms with E-state index in [4.69, 9.17) is 17.3 Å². The van der Waals surface area contributed by atoms with Gasteiger partial charge in [0.1, 0.15) is 9.84 Å². The van der Waals surface area contributed by atoms with Crippen LogP contribution in [0.15, 0.2) is 12.1 Å². The Hall–Kier alpha value is -0.100. The topological polar surface area (TPSA) is 60.2 Å². The molecule has 0 amide bonds. The molecular formula is C12H18ClNO2S2. The molecule has 1 aromatic heterocycles. The molecule has 3 nitrogen and oxygen atoms in total. The molecule has 2 rings (SSSR count). The molecule has 0 aliphatic heterocycles. The standard InChI is InChI=1S/C12H18ClNO2S2/c1-18(15,16)9-4-2-3-8(7-9)12(14)10-5-6-11(13)17-10/h5-6,8-9,12H,2-4,7,14H2,1H3. The summed E-state index contributed by atoms with van der Waals surface area (Å²) in [5.41, 5.74) is 6.25. The van der Waals surface area contributed by atoms with Crippen molar-refractivity contribution in [3.8, 4) is 0 Å². The molecule has 1 aliphatic rings. The Morgan fingerprint density at radius 2 is 2.17 bits per heavy atom. The number of hydrogen-bond acceptors (Lipinski definition) is 4. The lowest BCUT2D eigenvalue weighted by molar-refractivity contribution is 0.311. The van der Waals surface area contributed by atoms with Crippen LogP contribution in [0.2, 0.25) is 4.34 Å². The molecule has 18 heavy (non-hydrogen) atoms. The molecule has 3 unspecified atom stereocenters. The Morgan fingerprint density at radius 3 is 2.72 bits per heavy atom. The Balaban J connectivity index is 2.09. The van der Waals surface area contributed by atoms with Gasteiger partial charge in [-0.05, 0) is 37.3 Å². The molecule has 0 saturated heterocycles. The summed E-state index contributed by atoms with van der Waals surface area (Å²) in [6.07, 6.45) is 4.72. The summed E-state index contributed by atoms with van der Waals surface area (Å²) in [7, 11) is -2.95. The highest BCUT2D eigenvalue weighted by atomic mass is 35.5. The highest BCUT2D eigenvalue weighted by Crippen LogP contribution is 2.38. The van der Waals surface area contributed by atoms with E-state index in [1.807, 2.05) is 12.1 Å². The van der Waals surface area contributed by atoms with Gasteiger partial charge < -0.3 is 5.73 Å². The Bertz CT molecular complexity index is 512. The number of rotatable bonds is 3. The van der Waals surface area contributed by atoms with Gasteiger partial charge in [0, 0.05) is 17.2 Å². The fourth-order valence-electron chi connectivity index (χ4n) is 2.64. The average molecular weight is 308 g/mol. The minimum absolute atomic E-state index is 0.0907. The molecular weight excluding hydrogens is 290 g/mol. The highest BCUT2D eigenvalue weighted by molar-refractivity contribution is 7.91. The summed E-state index contributed by atoms with van der Waals surface area (Å²) >= 11 is 7.40. The van der Waals surface area contributed by atoms with Crippen LogP contribution >= 0.6 is 22.9 Å². The molecule has 102 valence electrons. The van der Waals surface area contributed by atoms with E-state index in [2.05, 4.69) is 0 Å². The second kappa shape index (κ2) is 5.49. The van der Waals surface area contributed by atoms with Gasteiger partial charge in [0.25, 0.3) is 0 Å². The Labute approximate surface area is 117 Å². The first-order valence-corrected chi connectivity index (χ1v) is 9.22. The first kappa shape index (κ1) is 14.3. The van der Waals surface area contributed by atoms with E-state index in [1.165, 1.54) is 17.6 Å². The quantitative estimate of drug-likeness (QED) is 0.934. The van der Waals surface area contributed by atoms with Gasteiger partial charge in [0.2, 0.25) is 0 Å². The van der Waals surface area contributed by atoms with Crippen LogP contribution in [0.1, 0.15) is 36.6 Å². The van der Waals surface area contributed by atoms with Crippen LogP contribution in [-0.4, -0.2) is 19.9 Å². The lowest BCUT2D eigenvalue weighted by Gasteiger charge is -2.31. The van der Waals surface area contributed by atoms with Crippen LogP contribution in [0, 0.1) is 5.92 Å². The largest absolute Gasteiger partial charge is 0.323 e. The molecule has 0 spiro atoms. The minimum Gasteiger partial charge on any atom is -0.323 e. The second-order valence-electron chi connectivity index (χ2n) is 5.05. The molecule has 0 radical (unpaired) electrons. The van der Waals surface area contributed by atoms with Gasteiger partial charge in [-0.25, -0.2) is 8.42 Å². The van der Waals surface area contributed by atoms with E-state index in [0.29, 0.717) is 6.42 Å². The zero-order valence-corrected chi connectivity index (χ0v) is 12.7. The van der Waals surface area contributed by atoms with Crippen molar-refractivity contribution in [1.82, 2.24) is 0 Å². The molecule has 2 N–H and O–H groups in total. The third-order valence-corrected chi connectivity index (χ3v) is 6.67. The maximum atomic E-state index is 11.6. The Kier molecular flexibility index (Phi) is 4.36.